The van der Waals surface area contributed by atoms with Crippen molar-refractivity contribution in [2.24, 2.45) is 0 Å². The van der Waals surface area contributed by atoms with E-state index in [4.69, 9.17) is 4.18 Å². The molecule has 2 rings (SSSR count). The molecule has 2 aromatic carbocycles. The van der Waals surface area contributed by atoms with Gasteiger partial charge in [0.1, 0.15) is 0 Å². The molecule has 0 aromatic heterocycles. The highest BCUT2D eigenvalue weighted by Gasteiger charge is 2.17. The Morgan fingerprint density at radius 1 is 1.00 bits per heavy atom. The van der Waals surface area contributed by atoms with Gasteiger partial charge in [-0.2, -0.15) is 8.42 Å². The van der Waals surface area contributed by atoms with E-state index >= 15 is 0 Å². The summed E-state index contributed by atoms with van der Waals surface area (Å²) in [4.78, 5) is 0.198. The van der Waals surface area contributed by atoms with Gasteiger partial charge in [0, 0.05) is 5.92 Å². The van der Waals surface area contributed by atoms with Crippen LogP contribution in [0.1, 0.15) is 24.0 Å². The van der Waals surface area contributed by atoms with Crippen LogP contribution in [0.2, 0.25) is 0 Å². The number of rotatable bonds is 5. The molecule has 0 spiro atoms. The third-order valence-electron chi connectivity index (χ3n) is 3.15. The summed E-state index contributed by atoms with van der Waals surface area (Å²) in [6.45, 7) is 3.99. The molecule has 0 heterocycles. The summed E-state index contributed by atoms with van der Waals surface area (Å²) in [5.74, 6) is 0.0245. The molecule has 4 heteroatoms. The van der Waals surface area contributed by atoms with Crippen molar-refractivity contribution in [3.63, 3.8) is 0 Å². The van der Waals surface area contributed by atoms with E-state index in [0.717, 1.165) is 11.1 Å². The Labute approximate surface area is 120 Å². The smallest absolute Gasteiger partial charge is 0.266 e. The molecule has 0 amide bonds. The van der Waals surface area contributed by atoms with Crippen LogP contribution in [0.3, 0.4) is 0 Å². The summed E-state index contributed by atoms with van der Waals surface area (Å²) in [5, 5.41) is 0. The number of hydrogen-bond donors (Lipinski definition) is 0. The first-order valence-corrected chi connectivity index (χ1v) is 7.91. The van der Waals surface area contributed by atoms with Gasteiger partial charge in [0.05, 0.1) is 11.5 Å². The fourth-order valence-electron chi connectivity index (χ4n) is 1.84. The molecule has 20 heavy (non-hydrogen) atoms. The highest BCUT2D eigenvalue weighted by atomic mass is 32.2. The van der Waals surface area contributed by atoms with Crippen LogP contribution in [-0.4, -0.2) is 15.0 Å². The molecular weight excluding hydrogens is 272 g/mol. The summed E-state index contributed by atoms with van der Waals surface area (Å²) in [6.07, 6.45) is 0. The van der Waals surface area contributed by atoms with Gasteiger partial charge in [-0.15, -0.1) is 0 Å². The molecule has 0 saturated carbocycles. The zero-order valence-electron chi connectivity index (χ0n) is 11.6. The zero-order valence-corrected chi connectivity index (χ0v) is 12.4. The molecule has 0 N–H and O–H groups in total. The molecule has 1 unspecified atom stereocenters. The predicted molar refractivity (Wildman–Crippen MR) is 79.2 cm³/mol. The van der Waals surface area contributed by atoms with Gasteiger partial charge in [-0.05, 0) is 24.6 Å². The van der Waals surface area contributed by atoms with Gasteiger partial charge in [0.15, 0.2) is 0 Å². The second-order valence-electron chi connectivity index (χ2n) is 4.86. The normalized spacial score (nSPS) is 13.1. The third kappa shape index (κ3) is 3.68. The van der Waals surface area contributed by atoms with E-state index in [-0.39, 0.29) is 17.4 Å². The van der Waals surface area contributed by atoms with Crippen LogP contribution in [0.15, 0.2) is 59.5 Å². The lowest BCUT2D eigenvalue weighted by Crippen LogP contribution is -2.12. The van der Waals surface area contributed by atoms with Gasteiger partial charge < -0.3 is 0 Å². The molecule has 3 nitrogen and oxygen atoms in total. The van der Waals surface area contributed by atoms with Gasteiger partial charge in [-0.1, -0.05) is 55.0 Å². The third-order valence-corrected chi connectivity index (χ3v) is 4.45. The Morgan fingerprint density at radius 2 is 1.60 bits per heavy atom. The minimum atomic E-state index is -3.68. The molecular formula is C16H18O3S. The average molecular weight is 290 g/mol. The predicted octanol–water partition coefficient (Wildman–Crippen LogP) is 3.50. The molecule has 0 bridgehead atoms. The lowest BCUT2D eigenvalue weighted by Gasteiger charge is -2.12. The molecule has 0 fully saturated rings. The van der Waals surface area contributed by atoms with Crippen molar-refractivity contribution in [2.45, 2.75) is 24.7 Å². The lowest BCUT2D eigenvalue weighted by molar-refractivity contribution is 0.298. The van der Waals surface area contributed by atoms with Crippen LogP contribution < -0.4 is 0 Å². The van der Waals surface area contributed by atoms with E-state index in [0.29, 0.717) is 0 Å². The maximum Gasteiger partial charge on any atom is 0.296 e. The largest absolute Gasteiger partial charge is 0.296 e. The first kappa shape index (κ1) is 14.8. The second-order valence-corrected chi connectivity index (χ2v) is 6.48. The Bertz CT molecular complexity index is 646. The number of benzene rings is 2. The minimum absolute atomic E-state index is 0.0245. The van der Waals surface area contributed by atoms with E-state index in [1.54, 1.807) is 24.3 Å². The van der Waals surface area contributed by atoms with Crippen LogP contribution in [-0.2, 0) is 14.3 Å². The van der Waals surface area contributed by atoms with Gasteiger partial charge in [-0.3, -0.25) is 4.18 Å². The molecule has 2 aromatic rings. The fourth-order valence-corrected chi connectivity index (χ4v) is 2.83. The topological polar surface area (TPSA) is 43.4 Å². The van der Waals surface area contributed by atoms with Gasteiger partial charge in [0.25, 0.3) is 10.1 Å². The Hall–Kier alpha value is -1.65. The van der Waals surface area contributed by atoms with Gasteiger partial charge in [0.2, 0.25) is 0 Å². The number of hydrogen-bond acceptors (Lipinski definition) is 3. The molecule has 0 saturated heterocycles. The Balaban J connectivity index is 2.04. The zero-order chi connectivity index (χ0) is 14.6. The van der Waals surface area contributed by atoms with E-state index in [1.807, 2.05) is 44.2 Å². The van der Waals surface area contributed by atoms with Crippen molar-refractivity contribution in [2.75, 3.05) is 6.61 Å². The van der Waals surface area contributed by atoms with E-state index in [2.05, 4.69) is 0 Å². The Kier molecular flexibility index (Phi) is 4.57. The van der Waals surface area contributed by atoms with Crippen LogP contribution in [0.25, 0.3) is 0 Å². The maximum absolute atomic E-state index is 12.1. The maximum atomic E-state index is 12.1. The molecule has 0 aliphatic rings. The van der Waals surface area contributed by atoms with Crippen LogP contribution >= 0.6 is 0 Å². The Morgan fingerprint density at radius 3 is 2.20 bits per heavy atom. The summed E-state index contributed by atoms with van der Waals surface area (Å²) in [5.41, 5.74) is 2.08. The fraction of sp³-hybridized carbons (Fsp3) is 0.250. The summed E-state index contributed by atoms with van der Waals surface area (Å²) >= 11 is 0. The first-order valence-electron chi connectivity index (χ1n) is 6.50. The molecule has 0 radical (unpaired) electrons. The number of aryl methyl sites for hydroxylation is 1. The van der Waals surface area contributed by atoms with Crippen LogP contribution in [0.4, 0.5) is 0 Å². The second kappa shape index (κ2) is 6.20. The van der Waals surface area contributed by atoms with Crippen molar-refractivity contribution >= 4 is 10.1 Å². The van der Waals surface area contributed by atoms with Crippen LogP contribution in [0, 0.1) is 6.92 Å². The molecule has 0 aliphatic heterocycles. The van der Waals surface area contributed by atoms with Crippen molar-refractivity contribution in [3.8, 4) is 0 Å². The average Bonchev–Trinajstić information content (AvgIpc) is 2.46. The standard InChI is InChI=1S/C16H18O3S/c1-13-8-10-16(11-9-13)20(17,18)19-12-14(2)15-6-4-3-5-7-15/h3-11,14H,12H2,1-2H3. The molecule has 0 aliphatic carbocycles. The van der Waals surface area contributed by atoms with Crippen molar-refractivity contribution < 1.29 is 12.6 Å². The van der Waals surface area contributed by atoms with E-state index < -0.39 is 10.1 Å². The summed E-state index contributed by atoms with van der Waals surface area (Å²) < 4.78 is 29.3. The van der Waals surface area contributed by atoms with Crippen molar-refractivity contribution in [1.29, 1.82) is 0 Å². The highest BCUT2D eigenvalue weighted by Crippen LogP contribution is 2.19. The van der Waals surface area contributed by atoms with Crippen molar-refractivity contribution in [1.82, 2.24) is 0 Å². The lowest BCUT2D eigenvalue weighted by atomic mass is 10.0. The van der Waals surface area contributed by atoms with E-state index in [1.165, 1.54) is 0 Å². The highest BCUT2D eigenvalue weighted by molar-refractivity contribution is 7.86. The quantitative estimate of drug-likeness (QED) is 0.792. The summed E-state index contributed by atoms with van der Waals surface area (Å²) in [6, 6.07) is 16.4. The summed E-state index contributed by atoms with van der Waals surface area (Å²) in [7, 11) is -3.68. The van der Waals surface area contributed by atoms with Crippen molar-refractivity contribution in [3.05, 3.63) is 65.7 Å². The first-order chi connectivity index (χ1) is 9.49. The SMILES string of the molecule is Cc1ccc(S(=O)(=O)OCC(C)c2ccccc2)cc1. The monoisotopic (exact) mass is 290 g/mol. The van der Waals surface area contributed by atoms with Crippen LogP contribution in [0.5, 0.6) is 0 Å². The minimum Gasteiger partial charge on any atom is -0.266 e. The van der Waals surface area contributed by atoms with Gasteiger partial charge in [-0.25, -0.2) is 0 Å². The molecule has 1 atom stereocenters. The van der Waals surface area contributed by atoms with Gasteiger partial charge >= 0.3 is 0 Å². The molecule has 106 valence electrons. The van der Waals surface area contributed by atoms with E-state index in [9.17, 15) is 8.42 Å².